The summed E-state index contributed by atoms with van der Waals surface area (Å²) in [6, 6.07) is 8.15. The molecule has 2 aliphatic heterocycles. The first kappa shape index (κ1) is 66.9. The Hall–Kier alpha value is -5.23. The summed E-state index contributed by atoms with van der Waals surface area (Å²) in [5, 5.41) is 9.06. The van der Waals surface area contributed by atoms with Crippen LogP contribution in [-0.2, 0) is 90.5 Å². The largest absolute Gasteiger partial charge is 0.481 e. The van der Waals surface area contributed by atoms with Gasteiger partial charge in [-0.05, 0) is 110 Å². The molecule has 83 heavy (non-hydrogen) atoms. The third kappa shape index (κ3) is 16.6. The van der Waals surface area contributed by atoms with Crippen LogP contribution in [0.1, 0.15) is 76.3 Å². The number of benzene rings is 4. The predicted octanol–water partition coefficient (Wildman–Crippen LogP) is 6.42. The number of rotatable bonds is 31. The molecule has 7 N–H and O–H groups in total. The van der Waals surface area contributed by atoms with Gasteiger partial charge in [0.2, 0.25) is 0 Å². The number of fused-ring (bicyclic) bond motifs is 6. The van der Waals surface area contributed by atoms with Gasteiger partial charge in [0.15, 0.2) is 0 Å². The lowest BCUT2D eigenvalue weighted by Gasteiger charge is -2.35. The molecule has 4 aromatic rings. The Morgan fingerprint density at radius 2 is 1.07 bits per heavy atom. The Morgan fingerprint density at radius 1 is 0.554 bits per heavy atom. The zero-order chi connectivity index (χ0) is 61.6. The average Bonchev–Trinajstić information content (AvgIpc) is 1.71. The van der Waals surface area contributed by atoms with E-state index in [2.05, 4.69) is 0 Å². The highest BCUT2D eigenvalue weighted by molar-refractivity contribution is 7.87. The van der Waals surface area contributed by atoms with Crippen molar-refractivity contribution in [3.8, 4) is 0 Å². The molecule has 2 heterocycles. The molecule has 3 unspecified atom stereocenters. The van der Waals surface area contributed by atoms with Crippen LogP contribution >= 0.6 is 0 Å². The van der Waals surface area contributed by atoms with Gasteiger partial charge < -0.3 is 29.1 Å². The number of allylic oxidation sites excluding steroid dienone is 7. The van der Waals surface area contributed by atoms with Gasteiger partial charge in [-0.3, -0.25) is 32.1 Å². The fourth-order valence-corrected chi connectivity index (χ4v) is 14.6. The molecular formula is C52H66N2O23S6. The molecule has 0 amide bonds. The van der Waals surface area contributed by atoms with Crippen molar-refractivity contribution in [1.82, 2.24) is 0 Å². The molecule has 458 valence electrons. The molecule has 0 saturated carbocycles. The van der Waals surface area contributed by atoms with Gasteiger partial charge >= 0.3 is 5.97 Å². The van der Waals surface area contributed by atoms with Crippen LogP contribution in [0.25, 0.3) is 21.5 Å². The molecule has 0 saturated heterocycles. The van der Waals surface area contributed by atoms with E-state index >= 15 is 0 Å². The molecule has 2 aliphatic rings. The Morgan fingerprint density at radius 3 is 1.61 bits per heavy atom. The van der Waals surface area contributed by atoms with Crippen molar-refractivity contribution in [2.45, 2.75) is 102 Å². The van der Waals surface area contributed by atoms with Crippen LogP contribution < -0.4 is 9.80 Å². The Bertz CT molecular complexity index is 3940. The van der Waals surface area contributed by atoms with Gasteiger partial charge in [0.25, 0.3) is 60.7 Å². The maximum Gasteiger partial charge on any atom is 0.303 e. The zero-order valence-electron chi connectivity index (χ0n) is 45.3. The number of hydrogen-bond donors (Lipinski definition) is 7. The van der Waals surface area contributed by atoms with E-state index in [1.54, 1.807) is 60.4 Å². The highest BCUT2D eigenvalue weighted by Gasteiger charge is 2.48. The van der Waals surface area contributed by atoms with Crippen molar-refractivity contribution in [1.29, 1.82) is 0 Å². The van der Waals surface area contributed by atoms with Crippen molar-refractivity contribution in [3.05, 3.63) is 108 Å². The van der Waals surface area contributed by atoms with E-state index in [9.17, 15) is 87.7 Å². The van der Waals surface area contributed by atoms with Gasteiger partial charge in [0.05, 0.1) is 53.8 Å². The second-order valence-corrected chi connectivity index (χ2v) is 29.1. The summed E-state index contributed by atoms with van der Waals surface area (Å²) in [7, 11) is -28.0. The maximum absolute atomic E-state index is 12.9. The molecule has 0 aliphatic carbocycles. The third-order valence-corrected chi connectivity index (χ3v) is 19.6. The molecule has 3 atom stereocenters. The van der Waals surface area contributed by atoms with Crippen molar-refractivity contribution in [2.75, 3.05) is 74.5 Å². The topological polar surface area (TPSA) is 398 Å². The summed E-state index contributed by atoms with van der Waals surface area (Å²) in [6.07, 6.45) is 12.3. The molecule has 0 spiro atoms. The first-order valence-electron chi connectivity index (χ1n) is 25.7. The van der Waals surface area contributed by atoms with Gasteiger partial charge in [0.1, 0.15) is 9.79 Å². The van der Waals surface area contributed by atoms with E-state index in [1.165, 1.54) is 25.3 Å². The number of carboxylic acid groups (broad SMARTS) is 1. The summed E-state index contributed by atoms with van der Waals surface area (Å²) in [5.41, 5.74) is -0.502. The van der Waals surface area contributed by atoms with Gasteiger partial charge in [-0.1, -0.05) is 61.9 Å². The number of aliphatic carboxylic acids is 1. The quantitative estimate of drug-likeness (QED) is 0.0162. The predicted molar refractivity (Wildman–Crippen MR) is 307 cm³/mol. The van der Waals surface area contributed by atoms with E-state index in [0.717, 1.165) is 12.1 Å². The molecular weight excluding hydrogens is 1210 g/mol. The molecule has 25 nitrogen and oxygen atoms in total. The van der Waals surface area contributed by atoms with Crippen molar-refractivity contribution >= 4 is 99.6 Å². The molecule has 0 radical (unpaired) electrons. The highest BCUT2D eigenvalue weighted by Crippen LogP contribution is 2.55. The number of carboxylic acids is 1. The Kier molecular flexibility index (Phi) is 21.4. The normalized spacial score (nSPS) is 19.6. The van der Waals surface area contributed by atoms with Crippen LogP contribution in [0.4, 0.5) is 11.4 Å². The lowest BCUT2D eigenvalue weighted by atomic mass is 9.73. The third-order valence-electron chi connectivity index (χ3n) is 14.5. The highest BCUT2D eigenvalue weighted by atomic mass is 32.2. The Balaban J connectivity index is 1.48. The van der Waals surface area contributed by atoms with Gasteiger partial charge in [-0.15, -0.1) is 0 Å². The number of anilines is 2. The minimum absolute atomic E-state index is 0.0546. The van der Waals surface area contributed by atoms with Crippen LogP contribution in [0, 0.1) is 0 Å². The number of nitrogens with zero attached hydrogens (tertiary/aromatic N) is 2. The lowest BCUT2D eigenvalue weighted by Crippen LogP contribution is -2.43. The average molecular weight is 1280 g/mol. The van der Waals surface area contributed by atoms with Crippen molar-refractivity contribution < 1.29 is 102 Å². The van der Waals surface area contributed by atoms with Gasteiger partial charge in [-0.25, -0.2) is 0 Å². The molecule has 0 fully saturated rings. The Labute approximate surface area is 482 Å². The molecule has 31 heteroatoms. The van der Waals surface area contributed by atoms with E-state index in [0.29, 0.717) is 61.6 Å². The zero-order valence-corrected chi connectivity index (χ0v) is 50.2. The molecule has 0 bridgehead atoms. The second kappa shape index (κ2) is 26.6. The lowest BCUT2D eigenvalue weighted by molar-refractivity contribution is -0.137. The van der Waals surface area contributed by atoms with Crippen LogP contribution in [0.2, 0.25) is 0 Å². The first-order valence-corrected chi connectivity index (χ1v) is 34.7. The van der Waals surface area contributed by atoms with Crippen molar-refractivity contribution in [3.63, 3.8) is 0 Å². The smallest absolute Gasteiger partial charge is 0.303 e. The van der Waals surface area contributed by atoms with Crippen LogP contribution in [0.5, 0.6) is 0 Å². The van der Waals surface area contributed by atoms with E-state index in [1.807, 2.05) is 11.8 Å². The minimum Gasteiger partial charge on any atom is -0.481 e. The van der Waals surface area contributed by atoms with E-state index < -0.39 is 115 Å². The molecule has 4 aromatic carbocycles. The molecule has 6 rings (SSSR count). The first-order chi connectivity index (χ1) is 38.5. The van der Waals surface area contributed by atoms with E-state index in [4.69, 9.17) is 14.2 Å². The number of ether oxygens (including phenoxy) is 3. The maximum atomic E-state index is 12.9. The fraction of sp³-hybridized carbons (Fsp3) is 0.442. The van der Waals surface area contributed by atoms with Crippen LogP contribution in [0.15, 0.2) is 116 Å². The summed E-state index contributed by atoms with van der Waals surface area (Å²) in [5.74, 6) is -2.43. The summed E-state index contributed by atoms with van der Waals surface area (Å²) in [6.45, 7) is 4.73. The monoisotopic (exact) mass is 1280 g/mol. The number of hydrogen-bond acceptors (Lipinski definition) is 18. The SMILES string of the molecule is COCCOCCOCCC1(C)C(=CC=CC=CC=CC2N(CCCS(=O)(=O)O)c3ccc4c(S(=O)(=O)O)cc(S(=O)(=O)O)cc4c3C2(C)CCCS(=O)(=O)O)N(CCCCCC(=O)O)c2ccc3c(S(=O)(=O)O)cc(S(=O)(=O)O)cc3c21. The summed E-state index contributed by atoms with van der Waals surface area (Å²) >= 11 is 0. The summed E-state index contributed by atoms with van der Waals surface area (Å²) < 4.78 is 227. The standard InChI is InChI=1S/C52H66N2O23S6/c1-51(21-12-30-78(57,58)59)46(54(24-13-31-79(60,61)62)42-19-17-38-40(49(42)51)32-36(80(63,64)65)34-44(38)82(69,70)71)14-8-5-4-6-9-15-47-52(2,22-25-76-28-29-77-27-26-75-3)50-41-33-37(81(66,67)68)35-45(83(72,73)74)39(41)18-20-43(50)53(47)23-11-7-10-16-48(55)56/h4-6,8-9,14-15,17-20,32-35,46H,7,10-13,16,21-31H2,1-3H3,(H,55,56)(H,57,58,59)(H,60,61,62)(H,63,64,65)(H,66,67,68)(H,69,70,71)(H,72,73,74). The number of unbranched alkanes of at least 4 members (excludes halogenated alkanes) is 2. The van der Waals surface area contributed by atoms with Crippen LogP contribution in [-0.4, -0.2) is 160 Å². The van der Waals surface area contributed by atoms with Crippen LogP contribution in [0.3, 0.4) is 0 Å². The van der Waals surface area contributed by atoms with Gasteiger partial charge in [0, 0.05) is 71.9 Å². The fourth-order valence-electron chi connectivity index (χ4n) is 10.9. The second-order valence-electron chi connectivity index (χ2n) is 20.3. The number of carbonyl (C=O) groups is 1. The van der Waals surface area contributed by atoms with E-state index in [-0.39, 0.29) is 97.8 Å². The van der Waals surface area contributed by atoms with Gasteiger partial charge in [-0.2, -0.15) is 50.5 Å². The summed E-state index contributed by atoms with van der Waals surface area (Å²) in [4.78, 5) is 11.6. The minimum atomic E-state index is -5.18. The van der Waals surface area contributed by atoms with Crippen molar-refractivity contribution in [2.24, 2.45) is 0 Å². The number of methoxy groups -OCH3 is 1. The molecule has 0 aromatic heterocycles.